The fraction of sp³-hybridized carbons (Fsp3) is 0.429. The molecule has 2 aromatic rings. The predicted octanol–water partition coefficient (Wildman–Crippen LogP) is 2.03. The van der Waals surface area contributed by atoms with E-state index in [1.54, 1.807) is 25.1 Å². The highest BCUT2D eigenvalue weighted by molar-refractivity contribution is 6.04. The molecule has 156 valence electrons. The number of aryl methyl sites for hydroxylation is 1. The number of fused-ring (bicyclic) bond motifs is 1. The van der Waals surface area contributed by atoms with Crippen molar-refractivity contribution < 1.29 is 28.9 Å². The lowest BCUT2D eigenvalue weighted by Gasteiger charge is -2.17. The quantitative estimate of drug-likeness (QED) is 0.623. The van der Waals surface area contributed by atoms with Crippen LogP contribution in [0.2, 0.25) is 0 Å². The average Bonchev–Trinajstić information content (AvgIpc) is 3.07. The number of ether oxygens (including phenoxy) is 3. The van der Waals surface area contributed by atoms with Crippen LogP contribution in [-0.2, 0) is 6.42 Å². The van der Waals surface area contributed by atoms with Crippen molar-refractivity contribution in [3.05, 3.63) is 40.7 Å². The molecule has 1 aromatic carbocycles. The number of aromatic amines is 1. The van der Waals surface area contributed by atoms with Crippen molar-refractivity contribution in [3.8, 4) is 17.2 Å². The van der Waals surface area contributed by atoms with Crippen molar-refractivity contribution in [1.82, 2.24) is 10.3 Å². The second-order valence-electron chi connectivity index (χ2n) is 6.92. The van der Waals surface area contributed by atoms with Crippen LogP contribution in [0.25, 0.3) is 0 Å². The van der Waals surface area contributed by atoms with Crippen LogP contribution in [0.3, 0.4) is 0 Å². The Kier molecular flexibility index (Phi) is 6.43. The number of aromatic nitrogens is 1. The molecule has 8 heteroatoms. The van der Waals surface area contributed by atoms with Gasteiger partial charge in [0.25, 0.3) is 5.91 Å². The summed E-state index contributed by atoms with van der Waals surface area (Å²) in [6.07, 6.45) is 1.11. The largest absolute Gasteiger partial charge is 0.493 e. The molecule has 1 unspecified atom stereocenters. The molecule has 8 nitrogen and oxygen atoms in total. The highest BCUT2D eigenvalue weighted by Crippen LogP contribution is 2.36. The van der Waals surface area contributed by atoms with E-state index in [1.807, 2.05) is 0 Å². The van der Waals surface area contributed by atoms with E-state index in [2.05, 4.69) is 10.3 Å². The molecule has 1 amide bonds. The molecule has 0 bridgehead atoms. The van der Waals surface area contributed by atoms with Crippen LogP contribution in [0, 0.1) is 6.92 Å². The summed E-state index contributed by atoms with van der Waals surface area (Å²) < 4.78 is 16.1. The Labute approximate surface area is 169 Å². The lowest BCUT2D eigenvalue weighted by Crippen LogP contribution is -2.35. The molecule has 1 aliphatic carbocycles. The number of hydrogen-bond donors (Lipinski definition) is 3. The van der Waals surface area contributed by atoms with Gasteiger partial charge in [-0.3, -0.25) is 9.59 Å². The first-order chi connectivity index (χ1) is 14.0. The van der Waals surface area contributed by atoms with E-state index in [4.69, 9.17) is 14.2 Å². The minimum absolute atomic E-state index is 0.00658. The first-order valence-electron chi connectivity index (χ1n) is 9.51. The fourth-order valence-corrected chi connectivity index (χ4v) is 3.50. The Morgan fingerprint density at radius 1 is 1.24 bits per heavy atom. The van der Waals surface area contributed by atoms with Crippen molar-refractivity contribution in [3.63, 3.8) is 0 Å². The Morgan fingerprint density at radius 2 is 1.93 bits per heavy atom. The smallest absolute Gasteiger partial charge is 0.268 e. The second-order valence-corrected chi connectivity index (χ2v) is 6.92. The van der Waals surface area contributed by atoms with Crippen LogP contribution in [0.5, 0.6) is 17.2 Å². The SMILES string of the molecule is COc1cccc(OC)c1OCC(O)CNC(=O)c1[nH]c2c(c1C)C(=O)CCC2. The van der Waals surface area contributed by atoms with E-state index in [1.165, 1.54) is 14.2 Å². The van der Waals surface area contributed by atoms with E-state index in [-0.39, 0.29) is 24.8 Å². The van der Waals surface area contributed by atoms with Gasteiger partial charge < -0.3 is 29.6 Å². The maximum atomic E-state index is 12.5. The van der Waals surface area contributed by atoms with Crippen molar-refractivity contribution >= 4 is 11.7 Å². The molecule has 1 aliphatic rings. The highest BCUT2D eigenvalue weighted by atomic mass is 16.5. The number of aliphatic hydroxyl groups excluding tert-OH is 1. The summed E-state index contributed by atoms with van der Waals surface area (Å²) in [6, 6.07) is 5.22. The standard InChI is InChI=1S/C21H26N2O6/c1-12-18-14(6-4-7-15(18)25)23-19(12)21(26)22-10-13(24)11-29-20-16(27-2)8-5-9-17(20)28-3/h5,8-9,13,23-24H,4,6-7,10-11H2,1-3H3,(H,22,26). The summed E-state index contributed by atoms with van der Waals surface area (Å²) in [5.74, 6) is 1.06. The molecule has 1 aromatic heterocycles. The predicted molar refractivity (Wildman–Crippen MR) is 106 cm³/mol. The van der Waals surface area contributed by atoms with Crippen LogP contribution in [0.1, 0.15) is 44.9 Å². The number of benzene rings is 1. The number of Topliss-reactive ketones (excluding diaryl/α,β-unsaturated/α-hetero) is 1. The van der Waals surface area contributed by atoms with E-state index in [0.717, 1.165) is 18.5 Å². The molecular formula is C21H26N2O6. The molecule has 1 atom stereocenters. The Morgan fingerprint density at radius 3 is 2.55 bits per heavy atom. The van der Waals surface area contributed by atoms with E-state index in [9.17, 15) is 14.7 Å². The summed E-state index contributed by atoms with van der Waals surface area (Å²) >= 11 is 0. The fourth-order valence-electron chi connectivity index (χ4n) is 3.50. The summed E-state index contributed by atoms with van der Waals surface area (Å²) in [4.78, 5) is 27.7. The number of methoxy groups -OCH3 is 2. The maximum Gasteiger partial charge on any atom is 0.268 e. The van der Waals surface area contributed by atoms with Gasteiger partial charge in [-0.05, 0) is 37.5 Å². The van der Waals surface area contributed by atoms with Gasteiger partial charge in [0.15, 0.2) is 17.3 Å². The first kappa shape index (κ1) is 20.7. The summed E-state index contributed by atoms with van der Waals surface area (Å²) in [7, 11) is 3.03. The zero-order valence-corrected chi connectivity index (χ0v) is 16.8. The lowest BCUT2D eigenvalue weighted by atomic mass is 9.94. The molecule has 0 radical (unpaired) electrons. The second kappa shape index (κ2) is 9.00. The molecule has 3 N–H and O–H groups in total. The van der Waals surface area contributed by atoms with E-state index < -0.39 is 6.10 Å². The monoisotopic (exact) mass is 402 g/mol. The van der Waals surface area contributed by atoms with Crippen molar-refractivity contribution in [1.29, 1.82) is 0 Å². The van der Waals surface area contributed by atoms with Crippen LogP contribution >= 0.6 is 0 Å². The number of carbonyl (C=O) groups excluding carboxylic acids is 2. The van der Waals surface area contributed by atoms with Gasteiger partial charge in [-0.25, -0.2) is 0 Å². The van der Waals surface area contributed by atoms with Crippen molar-refractivity contribution in [2.24, 2.45) is 0 Å². The van der Waals surface area contributed by atoms with Crippen molar-refractivity contribution in [2.45, 2.75) is 32.3 Å². The summed E-state index contributed by atoms with van der Waals surface area (Å²) in [5, 5.41) is 12.9. The number of ketones is 1. The number of H-pyrrole nitrogens is 1. The van der Waals surface area contributed by atoms with Gasteiger partial charge in [-0.15, -0.1) is 0 Å². The van der Waals surface area contributed by atoms with Gasteiger partial charge in [0.05, 0.1) is 14.2 Å². The van der Waals surface area contributed by atoms with E-state index in [0.29, 0.717) is 40.5 Å². The zero-order valence-electron chi connectivity index (χ0n) is 16.8. The molecule has 0 aliphatic heterocycles. The number of amides is 1. The minimum Gasteiger partial charge on any atom is -0.493 e. The van der Waals surface area contributed by atoms with Crippen LogP contribution in [-0.4, -0.2) is 55.3 Å². The minimum atomic E-state index is -0.944. The van der Waals surface area contributed by atoms with E-state index >= 15 is 0 Å². The topological polar surface area (TPSA) is 110 Å². The van der Waals surface area contributed by atoms with Crippen LogP contribution in [0.4, 0.5) is 0 Å². The van der Waals surface area contributed by atoms with Gasteiger partial charge >= 0.3 is 0 Å². The molecule has 0 spiro atoms. The van der Waals surface area contributed by atoms with Gasteiger partial charge in [0.1, 0.15) is 18.4 Å². The Bertz CT molecular complexity index is 883. The molecule has 29 heavy (non-hydrogen) atoms. The third-order valence-corrected chi connectivity index (χ3v) is 4.97. The summed E-state index contributed by atoms with van der Waals surface area (Å²) in [6.45, 7) is 1.70. The van der Waals surface area contributed by atoms with Gasteiger partial charge in [0.2, 0.25) is 5.75 Å². The molecule has 1 heterocycles. The molecule has 3 rings (SSSR count). The van der Waals surface area contributed by atoms with Gasteiger partial charge in [-0.1, -0.05) is 6.07 Å². The normalized spacial score (nSPS) is 14.1. The van der Waals surface area contributed by atoms with Crippen LogP contribution in [0.15, 0.2) is 18.2 Å². The maximum absolute atomic E-state index is 12.5. The molecular weight excluding hydrogens is 376 g/mol. The number of aliphatic hydroxyl groups is 1. The molecule has 0 saturated heterocycles. The Balaban J connectivity index is 1.59. The number of para-hydroxylation sites is 1. The zero-order chi connectivity index (χ0) is 21.0. The lowest BCUT2D eigenvalue weighted by molar-refractivity contribution is 0.0830. The highest BCUT2D eigenvalue weighted by Gasteiger charge is 2.26. The van der Waals surface area contributed by atoms with Crippen LogP contribution < -0.4 is 19.5 Å². The average molecular weight is 402 g/mol. The number of rotatable bonds is 8. The van der Waals surface area contributed by atoms with Gasteiger partial charge in [-0.2, -0.15) is 0 Å². The third-order valence-electron chi connectivity index (χ3n) is 4.97. The molecule has 0 fully saturated rings. The number of carbonyl (C=O) groups is 2. The summed E-state index contributed by atoms with van der Waals surface area (Å²) in [5.41, 5.74) is 2.47. The molecule has 0 saturated carbocycles. The van der Waals surface area contributed by atoms with Crippen molar-refractivity contribution in [2.75, 3.05) is 27.4 Å². The van der Waals surface area contributed by atoms with Gasteiger partial charge in [0, 0.05) is 24.2 Å². The third kappa shape index (κ3) is 4.37. The number of hydrogen-bond acceptors (Lipinski definition) is 6. The Hall–Kier alpha value is -3.00. The number of nitrogens with one attached hydrogen (secondary N) is 2. The first-order valence-corrected chi connectivity index (χ1v) is 9.51.